The second-order valence-electron chi connectivity index (χ2n) is 6.46. The number of benzene rings is 1. The van der Waals surface area contributed by atoms with Gasteiger partial charge in [-0.2, -0.15) is 0 Å². The standard InChI is InChI=1S/C20H21ClFNO6S/c1-3-29-18(25)10-30-17-9-16(15(22)8-14(17)21)23(11(2)24)19(26)12-6-4-5-7-13(12)20(27)28/h8-9H,3-7,10H2,1-2H3,(H,27,28). The van der Waals surface area contributed by atoms with Crippen LogP contribution in [-0.4, -0.2) is 41.2 Å². The molecule has 0 atom stereocenters. The van der Waals surface area contributed by atoms with Crippen LogP contribution in [0.5, 0.6) is 0 Å². The van der Waals surface area contributed by atoms with Crippen LogP contribution in [0.4, 0.5) is 10.1 Å². The van der Waals surface area contributed by atoms with Gasteiger partial charge in [0, 0.05) is 23.0 Å². The Balaban J connectivity index is 2.45. The molecular formula is C20H21ClFNO6S. The summed E-state index contributed by atoms with van der Waals surface area (Å²) >= 11 is 7.02. The number of carboxylic acids is 1. The maximum atomic E-state index is 14.7. The summed E-state index contributed by atoms with van der Waals surface area (Å²) in [7, 11) is 0. The zero-order chi connectivity index (χ0) is 22.4. The van der Waals surface area contributed by atoms with Crippen LogP contribution in [-0.2, 0) is 23.9 Å². The lowest BCUT2D eigenvalue weighted by Gasteiger charge is -2.25. The molecule has 162 valence electrons. The number of ether oxygens (including phenoxy) is 1. The van der Waals surface area contributed by atoms with E-state index in [0.29, 0.717) is 17.7 Å². The first-order chi connectivity index (χ1) is 14.2. The molecule has 0 saturated carbocycles. The number of carbonyl (C=O) groups excluding carboxylic acids is 3. The number of imide groups is 1. The van der Waals surface area contributed by atoms with Crippen molar-refractivity contribution in [3.05, 3.63) is 34.1 Å². The lowest BCUT2D eigenvalue weighted by Crippen LogP contribution is -2.38. The molecule has 1 aromatic carbocycles. The van der Waals surface area contributed by atoms with Crippen molar-refractivity contribution >= 4 is 52.8 Å². The summed E-state index contributed by atoms with van der Waals surface area (Å²) in [5.41, 5.74) is -0.436. The van der Waals surface area contributed by atoms with Gasteiger partial charge in [-0.3, -0.25) is 14.4 Å². The van der Waals surface area contributed by atoms with E-state index in [1.165, 1.54) is 6.07 Å². The van der Waals surface area contributed by atoms with Gasteiger partial charge in [0.25, 0.3) is 5.91 Å². The Morgan fingerprint density at radius 1 is 1.20 bits per heavy atom. The molecule has 10 heteroatoms. The number of anilines is 1. The number of nitrogens with zero attached hydrogens (tertiary/aromatic N) is 1. The quantitative estimate of drug-likeness (QED) is 0.488. The minimum atomic E-state index is -1.23. The predicted molar refractivity (Wildman–Crippen MR) is 110 cm³/mol. The fourth-order valence-corrected chi connectivity index (χ4v) is 4.14. The first-order valence-electron chi connectivity index (χ1n) is 9.25. The molecule has 1 aromatic rings. The Kier molecular flexibility index (Phi) is 8.43. The SMILES string of the molecule is CCOC(=O)CSc1cc(N(C(C)=O)C(=O)C2=C(C(=O)O)CCCC2)c(F)cc1Cl. The van der Waals surface area contributed by atoms with Crippen molar-refractivity contribution in [1.29, 1.82) is 0 Å². The van der Waals surface area contributed by atoms with Crippen molar-refractivity contribution in [3.63, 3.8) is 0 Å². The van der Waals surface area contributed by atoms with Gasteiger partial charge in [-0.15, -0.1) is 11.8 Å². The van der Waals surface area contributed by atoms with Crippen molar-refractivity contribution in [2.45, 2.75) is 44.4 Å². The van der Waals surface area contributed by atoms with Gasteiger partial charge < -0.3 is 9.84 Å². The number of halogens is 2. The van der Waals surface area contributed by atoms with Crippen LogP contribution < -0.4 is 4.90 Å². The van der Waals surface area contributed by atoms with E-state index >= 15 is 0 Å². The van der Waals surface area contributed by atoms with E-state index in [-0.39, 0.29) is 52.0 Å². The summed E-state index contributed by atoms with van der Waals surface area (Å²) in [6.45, 7) is 2.95. The van der Waals surface area contributed by atoms with E-state index in [2.05, 4.69) is 0 Å². The number of carbonyl (C=O) groups is 4. The number of hydrogen-bond donors (Lipinski definition) is 1. The molecule has 2 amide bonds. The highest BCUT2D eigenvalue weighted by Gasteiger charge is 2.31. The Morgan fingerprint density at radius 3 is 2.40 bits per heavy atom. The van der Waals surface area contributed by atoms with Gasteiger partial charge in [-0.1, -0.05) is 11.6 Å². The molecule has 7 nitrogen and oxygen atoms in total. The van der Waals surface area contributed by atoms with Gasteiger partial charge >= 0.3 is 11.9 Å². The highest BCUT2D eigenvalue weighted by molar-refractivity contribution is 8.00. The molecule has 0 aliphatic heterocycles. The van der Waals surface area contributed by atoms with Gasteiger partial charge in [-0.05, 0) is 44.7 Å². The number of thioether (sulfide) groups is 1. The molecule has 0 unspecified atom stereocenters. The molecule has 0 aromatic heterocycles. The molecular weight excluding hydrogens is 437 g/mol. The zero-order valence-corrected chi connectivity index (χ0v) is 18.1. The third kappa shape index (κ3) is 5.60. The number of rotatable bonds is 7. The maximum absolute atomic E-state index is 14.7. The van der Waals surface area contributed by atoms with Gasteiger partial charge in [0.1, 0.15) is 5.82 Å². The summed E-state index contributed by atoms with van der Waals surface area (Å²) in [6, 6.07) is 2.14. The van der Waals surface area contributed by atoms with E-state index in [1.54, 1.807) is 6.92 Å². The van der Waals surface area contributed by atoms with Gasteiger partial charge in [-0.25, -0.2) is 14.1 Å². The molecule has 0 bridgehead atoms. The van der Waals surface area contributed by atoms with E-state index in [0.717, 1.165) is 24.8 Å². The van der Waals surface area contributed by atoms with Gasteiger partial charge in [0.15, 0.2) is 0 Å². The lowest BCUT2D eigenvalue weighted by molar-refractivity contribution is -0.140. The molecule has 30 heavy (non-hydrogen) atoms. The second kappa shape index (κ2) is 10.6. The summed E-state index contributed by atoms with van der Waals surface area (Å²) in [6.07, 6.45) is 1.59. The van der Waals surface area contributed by atoms with Gasteiger partial charge in [0.2, 0.25) is 5.91 Å². The summed E-state index contributed by atoms with van der Waals surface area (Å²) < 4.78 is 19.5. The van der Waals surface area contributed by atoms with Crippen LogP contribution >= 0.6 is 23.4 Å². The van der Waals surface area contributed by atoms with E-state index < -0.39 is 29.6 Å². The third-order valence-corrected chi connectivity index (χ3v) is 5.85. The third-order valence-electron chi connectivity index (χ3n) is 4.40. The van der Waals surface area contributed by atoms with Crippen LogP contribution in [0, 0.1) is 5.82 Å². The highest BCUT2D eigenvalue weighted by Crippen LogP contribution is 2.35. The van der Waals surface area contributed by atoms with E-state index in [4.69, 9.17) is 16.3 Å². The highest BCUT2D eigenvalue weighted by atomic mass is 35.5. The molecule has 1 aliphatic rings. The van der Waals surface area contributed by atoms with E-state index in [9.17, 15) is 28.7 Å². The largest absolute Gasteiger partial charge is 0.478 e. The van der Waals surface area contributed by atoms with Crippen molar-refractivity contribution < 1.29 is 33.4 Å². The minimum absolute atomic E-state index is 0.00427. The monoisotopic (exact) mass is 457 g/mol. The minimum Gasteiger partial charge on any atom is -0.478 e. The zero-order valence-electron chi connectivity index (χ0n) is 16.5. The summed E-state index contributed by atoms with van der Waals surface area (Å²) in [4.78, 5) is 49.3. The number of aliphatic carboxylic acids is 1. The van der Waals surface area contributed by atoms with E-state index in [1.807, 2.05) is 0 Å². The van der Waals surface area contributed by atoms with Crippen LogP contribution in [0.25, 0.3) is 0 Å². The Labute approximate surface area is 182 Å². The molecule has 0 spiro atoms. The average molecular weight is 458 g/mol. The van der Waals surface area contributed by atoms with Crippen LogP contribution in [0.3, 0.4) is 0 Å². The normalized spacial score (nSPS) is 13.7. The fourth-order valence-electron chi connectivity index (χ4n) is 3.07. The number of esters is 1. The molecule has 0 radical (unpaired) electrons. The van der Waals surface area contributed by atoms with Crippen LogP contribution in [0.1, 0.15) is 39.5 Å². The average Bonchev–Trinajstić information content (AvgIpc) is 2.68. The number of amides is 2. The fraction of sp³-hybridized carbons (Fsp3) is 0.400. The molecule has 1 aliphatic carbocycles. The Bertz CT molecular complexity index is 917. The smallest absolute Gasteiger partial charge is 0.332 e. The summed E-state index contributed by atoms with van der Waals surface area (Å²) in [5.74, 6) is -4.39. The molecule has 0 saturated heterocycles. The van der Waals surface area contributed by atoms with Crippen LogP contribution in [0.15, 0.2) is 28.2 Å². The first kappa shape index (κ1) is 23.9. The second-order valence-corrected chi connectivity index (χ2v) is 7.88. The first-order valence-corrected chi connectivity index (χ1v) is 10.6. The van der Waals surface area contributed by atoms with Crippen molar-refractivity contribution in [3.8, 4) is 0 Å². The number of hydrogen-bond acceptors (Lipinski definition) is 6. The van der Waals surface area contributed by atoms with Crippen molar-refractivity contribution in [1.82, 2.24) is 0 Å². The summed E-state index contributed by atoms with van der Waals surface area (Å²) in [5, 5.41) is 9.40. The van der Waals surface area contributed by atoms with Crippen molar-refractivity contribution in [2.24, 2.45) is 0 Å². The topological polar surface area (TPSA) is 101 Å². The molecule has 0 heterocycles. The molecule has 1 N–H and O–H groups in total. The Morgan fingerprint density at radius 2 is 1.83 bits per heavy atom. The van der Waals surface area contributed by atoms with Crippen molar-refractivity contribution in [2.75, 3.05) is 17.3 Å². The molecule has 0 fully saturated rings. The molecule has 2 rings (SSSR count). The Hall–Kier alpha value is -2.39. The maximum Gasteiger partial charge on any atom is 0.332 e. The number of carboxylic acid groups (broad SMARTS) is 1. The predicted octanol–water partition coefficient (Wildman–Crippen LogP) is 3.97. The lowest BCUT2D eigenvalue weighted by atomic mass is 9.90. The van der Waals surface area contributed by atoms with Gasteiger partial charge in [0.05, 0.1) is 23.1 Å². The van der Waals surface area contributed by atoms with Crippen LogP contribution in [0.2, 0.25) is 5.02 Å².